The number of para-hydroxylation sites is 1. The van der Waals surface area contributed by atoms with E-state index in [2.05, 4.69) is 26.8 Å². The lowest BCUT2D eigenvalue weighted by molar-refractivity contribution is -0.134. The molecule has 1 aromatic carbocycles. The maximum Gasteiger partial charge on any atom is 0.310 e. The van der Waals surface area contributed by atoms with E-state index in [9.17, 15) is 4.79 Å². The first kappa shape index (κ1) is 16.3. The summed E-state index contributed by atoms with van der Waals surface area (Å²) in [4.78, 5) is 11.7. The van der Waals surface area contributed by atoms with Gasteiger partial charge in [0, 0.05) is 17.9 Å². The summed E-state index contributed by atoms with van der Waals surface area (Å²) < 4.78 is 11.8. The lowest BCUT2D eigenvalue weighted by Crippen LogP contribution is -2.42. The average Bonchev–Trinajstić information content (AvgIpc) is 2.53. The Morgan fingerprint density at radius 1 is 1.30 bits per heavy atom. The van der Waals surface area contributed by atoms with Crippen molar-refractivity contribution < 1.29 is 14.3 Å². The van der Waals surface area contributed by atoms with Gasteiger partial charge in [0.1, 0.15) is 5.75 Å². The maximum absolute atomic E-state index is 11.7. The monoisotopic (exact) mass is 314 g/mol. The normalized spacial score (nSPS) is 33.0. The lowest BCUT2D eigenvalue weighted by atomic mass is 9.64. The Kier molecular flexibility index (Phi) is 4.58. The number of rotatable bonds is 3. The third-order valence-corrected chi connectivity index (χ3v) is 5.50. The van der Waals surface area contributed by atoms with E-state index in [-0.39, 0.29) is 12.1 Å². The van der Waals surface area contributed by atoms with Crippen molar-refractivity contribution in [2.24, 2.45) is 23.7 Å². The molecule has 1 fully saturated rings. The molecule has 1 saturated heterocycles. The Hall–Kier alpha value is -1.61. The van der Waals surface area contributed by atoms with Crippen LogP contribution in [0, 0.1) is 23.7 Å². The molecule has 0 radical (unpaired) electrons. The molecule has 3 nitrogen and oxygen atoms in total. The van der Waals surface area contributed by atoms with Gasteiger partial charge in [-0.05, 0) is 30.7 Å². The van der Waals surface area contributed by atoms with E-state index in [0.29, 0.717) is 35.8 Å². The fourth-order valence-corrected chi connectivity index (χ4v) is 4.23. The molecule has 1 aliphatic heterocycles. The molecule has 1 aliphatic carbocycles. The third kappa shape index (κ3) is 2.94. The molecule has 3 heteroatoms. The van der Waals surface area contributed by atoms with E-state index >= 15 is 0 Å². The van der Waals surface area contributed by atoms with E-state index in [4.69, 9.17) is 9.47 Å². The number of esters is 1. The quantitative estimate of drug-likeness (QED) is 0.467. The average molecular weight is 314 g/mol. The van der Waals surface area contributed by atoms with Crippen LogP contribution in [0.25, 0.3) is 0 Å². The first-order valence-corrected chi connectivity index (χ1v) is 8.62. The van der Waals surface area contributed by atoms with Crippen LogP contribution in [0.2, 0.25) is 0 Å². The van der Waals surface area contributed by atoms with Crippen molar-refractivity contribution in [3.05, 3.63) is 41.5 Å². The number of allylic oxidation sites excluding steroid dienone is 1. The predicted molar refractivity (Wildman–Crippen MR) is 90.1 cm³/mol. The fraction of sp³-hybridized carbons (Fsp3) is 0.550. The smallest absolute Gasteiger partial charge is 0.310 e. The second-order valence-corrected chi connectivity index (χ2v) is 6.94. The highest BCUT2D eigenvalue weighted by atomic mass is 16.5. The van der Waals surface area contributed by atoms with Gasteiger partial charge in [0.25, 0.3) is 0 Å². The summed E-state index contributed by atoms with van der Waals surface area (Å²) in [5.74, 6) is 2.50. The highest BCUT2D eigenvalue weighted by Gasteiger charge is 2.44. The van der Waals surface area contributed by atoms with Crippen molar-refractivity contribution in [3.8, 4) is 5.75 Å². The molecule has 0 N–H and O–H groups in total. The number of benzene rings is 1. The molecular formula is C20H26O3. The summed E-state index contributed by atoms with van der Waals surface area (Å²) in [6.07, 6.45) is 2.73. The molecule has 1 aromatic rings. The highest BCUT2D eigenvalue weighted by molar-refractivity contribution is 5.72. The number of fused-ring (bicyclic) bond motifs is 2. The summed E-state index contributed by atoms with van der Waals surface area (Å²) in [5, 5.41) is 0. The lowest BCUT2D eigenvalue weighted by Gasteiger charge is -2.47. The summed E-state index contributed by atoms with van der Waals surface area (Å²) in [6.45, 7) is 9.39. The maximum atomic E-state index is 11.7. The third-order valence-electron chi connectivity index (χ3n) is 5.50. The number of ether oxygens (including phenoxy) is 2. The summed E-state index contributed by atoms with van der Waals surface area (Å²) in [7, 11) is 0. The van der Waals surface area contributed by atoms with Crippen LogP contribution < -0.4 is 4.74 Å². The van der Waals surface area contributed by atoms with Crippen LogP contribution in [-0.2, 0) is 9.53 Å². The molecular weight excluding hydrogens is 288 g/mol. The number of hydrogen-bond acceptors (Lipinski definition) is 3. The van der Waals surface area contributed by atoms with E-state index < -0.39 is 0 Å². The zero-order valence-corrected chi connectivity index (χ0v) is 14.4. The van der Waals surface area contributed by atoms with E-state index in [1.165, 1.54) is 5.57 Å². The first-order chi connectivity index (χ1) is 11.0. The largest absolute Gasteiger partial charge is 0.426 e. The minimum Gasteiger partial charge on any atom is -0.426 e. The van der Waals surface area contributed by atoms with Gasteiger partial charge in [0.15, 0.2) is 0 Å². The van der Waals surface area contributed by atoms with Gasteiger partial charge in [-0.15, -0.1) is 0 Å². The fourth-order valence-electron chi connectivity index (χ4n) is 4.23. The number of carbonyl (C=O) groups is 1. The van der Waals surface area contributed by atoms with E-state index in [0.717, 1.165) is 12.2 Å². The van der Waals surface area contributed by atoms with Crippen molar-refractivity contribution in [1.82, 2.24) is 0 Å². The Morgan fingerprint density at radius 2 is 2.04 bits per heavy atom. The van der Waals surface area contributed by atoms with Crippen LogP contribution in [0.4, 0.5) is 0 Å². The molecule has 0 unspecified atom stereocenters. The summed E-state index contributed by atoms with van der Waals surface area (Å²) >= 11 is 0. The van der Waals surface area contributed by atoms with Crippen molar-refractivity contribution in [2.45, 2.75) is 40.2 Å². The molecule has 0 amide bonds. The molecule has 0 saturated carbocycles. The molecule has 124 valence electrons. The highest BCUT2D eigenvalue weighted by Crippen LogP contribution is 2.50. The minimum atomic E-state index is -0.205. The molecule has 0 aromatic heterocycles. The second-order valence-electron chi connectivity index (χ2n) is 6.94. The Bertz CT molecular complexity index is 619. The van der Waals surface area contributed by atoms with Crippen molar-refractivity contribution in [2.75, 3.05) is 6.61 Å². The van der Waals surface area contributed by atoms with Crippen LogP contribution in [-0.4, -0.2) is 12.6 Å². The topological polar surface area (TPSA) is 35.5 Å². The Balaban J connectivity index is 1.96. The van der Waals surface area contributed by atoms with Crippen molar-refractivity contribution >= 4 is 5.97 Å². The van der Waals surface area contributed by atoms with Gasteiger partial charge in [-0.3, -0.25) is 4.79 Å². The van der Waals surface area contributed by atoms with Gasteiger partial charge in [-0.25, -0.2) is 0 Å². The number of carbonyl (C=O) groups excluding carboxylic acids is 1. The number of hydrogen-bond donors (Lipinski definition) is 0. The Labute approximate surface area is 138 Å². The predicted octanol–water partition coefficient (Wildman–Crippen LogP) is 4.54. The molecule has 0 spiro atoms. The molecule has 1 heterocycles. The minimum absolute atomic E-state index is 0.0362. The molecule has 2 bridgehead atoms. The van der Waals surface area contributed by atoms with Gasteiger partial charge in [0.05, 0.1) is 12.7 Å². The van der Waals surface area contributed by atoms with Gasteiger partial charge in [0.2, 0.25) is 0 Å². The SMILES string of the molecule is CCC(=O)Oc1ccccc1[C@@H]1OC[C@H]2[C@@H](C)[C@H]1C(C)=C[C@@H]2C. The summed E-state index contributed by atoms with van der Waals surface area (Å²) in [5.41, 5.74) is 2.38. The van der Waals surface area contributed by atoms with Crippen LogP contribution in [0.5, 0.6) is 5.75 Å². The zero-order chi connectivity index (χ0) is 16.6. The van der Waals surface area contributed by atoms with Crippen LogP contribution in [0.1, 0.15) is 45.8 Å². The van der Waals surface area contributed by atoms with Gasteiger partial charge in [-0.1, -0.05) is 50.6 Å². The van der Waals surface area contributed by atoms with E-state index in [1.54, 1.807) is 0 Å². The molecule has 3 rings (SSSR count). The Morgan fingerprint density at radius 3 is 2.78 bits per heavy atom. The van der Waals surface area contributed by atoms with Crippen LogP contribution in [0.15, 0.2) is 35.9 Å². The summed E-state index contributed by atoms with van der Waals surface area (Å²) in [6, 6.07) is 7.79. The zero-order valence-electron chi connectivity index (χ0n) is 14.4. The van der Waals surface area contributed by atoms with Crippen LogP contribution >= 0.6 is 0 Å². The standard InChI is InChI=1S/C20H26O3/c1-5-18(21)23-17-9-7-6-8-15(17)20-19-13(3)10-12(2)16(11-22-20)14(19)4/h6-10,12,14,16,19-20H,5,11H2,1-4H3/t12-,14+,16+,19+,20-/m0/s1. The second kappa shape index (κ2) is 6.48. The van der Waals surface area contributed by atoms with Gasteiger partial charge in [-0.2, -0.15) is 0 Å². The van der Waals surface area contributed by atoms with Gasteiger partial charge < -0.3 is 9.47 Å². The van der Waals surface area contributed by atoms with Crippen LogP contribution in [0.3, 0.4) is 0 Å². The molecule has 2 aliphatic rings. The van der Waals surface area contributed by atoms with E-state index in [1.807, 2.05) is 31.2 Å². The van der Waals surface area contributed by atoms with Crippen molar-refractivity contribution in [1.29, 1.82) is 0 Å². The molecule has 23 heavy (non-hydrogen) atoms. The van der Waals surface area contributed by atoms with Gasteiger partial charge >= 0.3 is 5.97 Å². The van der Waals surface area contributed by atoms with Crippen molar-refractivity contribution in [3.63, 3.8) is 0 Å². The first-order valence-electron chi connectivity index (χ1n) is 8.62. The molecule has 5 atom stereocenters.